The fourth-order valence-corrected chi connectivity index (χ4v) is 2.29. The lowest BCUT2D eigenvalue weighted by Gasteiger charge is -2.26. The molecule has 1 aliphatic rings. The highest BCUT2D eigenvalue weighted by molar-refractivity contribution is 7.09. The Labute approximate surface area is 94.9 Å². The van der Waals surface area contributed by atoms with E-state index in [0.29, 0.717) is 6.04 Å². The second kappa shape index (κ2) is 4.20. The number of nitrogens with zero attached hydrogens (tertiary/aromatic N) is 1. The minimum atomic E-state index is 0.161. The highest BCUT2D eigenvalue weighted by atomic mass is 32.1. The third-order valence-electron chi connectivity index (χ3n) is 2.50. The zero-order chi connectivity index (χ0) is 10.9. The minimum Gasteiger partial charge on any atom is -0.378 e. The molecule has 0 aliphatic carbocycles. The lowest BCUT2D eigenvalue weighted by molar-refractivity contribution is -0.00579. The van der Waals surface area contributed by atoms with Gasteiger partial charge in [0.15, 0.2) is 0 Å². The van der Waals surface area contributed by atoms with Gasteiger partial charge in [0.1, 0.15) is 5.01 Å². The molecule has 0 unspecified atom stereocenters. The Kier molecular flexibility index (Phi) is 3.09. The molecule has 3 nitrogen and oxygen atoms in total. The topological polar surface area (TPSA) is 34.1 Å². The summed E-state index contributed by atoms with van der Waals surface area (Å²) in [4.78, 5) is 4.63. The van der Waals surface area contributed by atoms with Gasteiger partial charge >= 0.3 is 0 Å². The van der Waals surface area contributed by atoms with Crippen molar-refractivity contribution in [2.45, 2.75) is 38.8 Å². The van der Waals surface area contributed by atoms with Gasteiger partial charge in [-0.05, 0) is 0 Å². The summed E-state index contributed by atoms with van der Waals surface area (Å²) < 4.78 is 5.10. The molecule has 2 rings (SSSR count). The zero-order valence-corrected chi connectivity index (χ0v) is 10.4. The molecule has 4 heteroatoms. The molecule has 1 fully saturated rings. The maximum absolute atomic E-state index is 5.10. The van der Waals surface area contributed by atoms with Gasteiger partial charge in [0, 0.05) is 17.3 Å². The van der Waals surface area contributed by atoms with Crippen molar-refractivity contribution < 1.29 is 4.74 Å². The molecule has 1 saturated heterocycles. The Hall–Kier alpha value is -0.450. The van der Waals surface area contributed by atoms with Crippen LogP contribution in [-0.2, 0) is 16.7 Å². The number of rotatable bonds is 3. The van der Waals surface area contributed by atoms with Gasteiger partial charge in [-0.25, -0.2) is 4.98 Å². The Morgan fingerprint density at radius 3 is 2.73 bits per heavy atom. The molecule has 15 heavy (non-hydrogen) atoms. The second-order valence-electron chi connectivity index (χ2n) is 4.99. The Morgan fingerprint density at radius 1 is 1.53 bits per heavy atom. The predicted molar refractivity (Wildman–Crippen MR) is 62.3 cm³/mol. The van der Waals surface area contributed by atoms with E-state index in [1.807, 2.05) is 0 Å². The van der Waals surface area contributed by atoms with Gasteiger partial charge in [-0.2, -0.15) is 0 Å². The van der Waals surface area contributed by atoms with E-state index in [-0.39, 0.29) is 5.41 Å². The van der Waals surface area contributed by atoms with E-state index >= 15 is 0 Å². The van der Waals surface area contributed by atoms with Gasteiger partial charge in [-0.15, -0.1) is 11.3 Å². The lowest BCUT2D eigenvalue weighted by Crippen LogP contribution is -2.45. The largest absolute Gasteiger partial charge is 0.378 e. The maximum atomic E-state index is 5.10. The lowest BCUT2D eigenvalue weighted by atomic mass is 9.93. The highest BCUT2D eigenvalue weighted by Gasteiger charge is 2.20. The molecular weight excluding hydrogens is 208 g/mol. The second-order valence-corrected chi connectivity index (χ2v) is 5.93. The molecule has 0 aromatic carbocycles. The van der Waals surface area contributed by atoms with Crippen LogP contribution in [0.4, 0.5) is 0 Å². The van der Waals surface area contributed by atoms with E-state index in [1.165, 1.54) is 10.7 Å². The average molecular weight is 226 g/mol. The first kappa shape index (κ1) is 11.0. The van der Waals surface area contributed by atoms with Crippen molar-refractivity contribution in [2.75, 3.05) is 13.2 Å². The molecule has 1 aromatic heterocycles. The van der Waals surface area contributed by atoms with Gasteiger partial charge in [0.25, 0.3) is 0 Å². The predicted octanol–water partition coefficient (Wildman–Crippen LogP) is 1.93. The van der Waals surface area contributed by atoms with Gasteiger partial charge in [-0.3, -0.25) is 0 Å². The van der Waals surface area contributed by atoms with Crippen LogP contribution in [0.5, 0.6) is 0 Å². The maximum Gasteiger partial charge on any atom is 0.107 e. The number of aromatic nitrogens is 1. The van der Waals surface area contributed by atoms with Crippen LogP contribution in [0.1, 0.15) is 31.5 Å². The van der Waals surface area contributed by atoms with E-state index in [4.69, 9.17) is 4.74 Å². The molecule has 0 saturated carbocycles. The summed E-state index contributed by atoms with van der Waals surface area (Å²) in [7, 11) is 0. The van der Waals surface area contributed by atoms with Crippen LogP contribution in [0.25, 0.3) is 0 Å². The van der Waals surface area contributed by atoms with Crippen molar-refractivity contribution in [3.05, 3.63) is 16.1 Å². The Bertz CT molecular complexity index is 326. The molecule has 1 N–H and O–H groups in total. The first-order valence-electron chi connectivity index (χ1n) is 5.32. The fraction of sp³-hybridized carbons (Fsp3) is 0.727. The quantitative estimate of drug-likeness (QED) is 0.855. The van der Waals surface area contributed by atoms with E-state index in [0.717, 1.165) is 19.8 Å². The molecule has 1 aliphatic heterocycles. The zero-order valence-electron chi connectivity index (χ0n) is 9.54. The van der Waals surface area contributed by atoms with Gasteiger partial charge in [0.2, 0.25) is 0 Å². The van der Waals surface area contributed by atoms with Crippen LogP contribution < -0.4 is 5.32 Å². The van der Waals surface area contributed by atoms with Crippen molar-refractivity contribution in [1.82, 2.24) is 10.3 Å². The van der Waals surface area contributed by atoms with Gasteiger partial charge < -0.3 is 10.1 Å². The average Bonchev–Trinajstić information content (AvgIpc) is 2.48. The van der Waals surface area contributed by atoms with Crippen molar-refractivity contribution in [3.8, 4) is 0 Å². The van der Waals surface area contributed by atoms with E-state index < -0.39 is 0 Å². The summed E-state index contributed by atoms with van der Waals surface area (Å²) in [6.45, 7) is 9.14. The van der Waals surface area contributed by atoms with Crippen LogP contribution in [-0.4, -0.2) is 24.2 Å². The molecular formula is C11H18N2OS. The smallest absolute Gasteiger partial charge is 0.107 e. The van der Waals surface area contributed by atoms with Gasteiger partial charge in [0.05, 0.1) is 24.9 Å². The third kappa shape index (κ3) is 2.77. The molecule has 1 aromatic rings. The van der Waals surface area contributed by atoms with E-state index in [2.05, 4.69) is 36.5 Å². The molecule has 2 heterocycles. The summed E-state index contributed by atoms with van der Waals surface area (Å²) in [5.74, 6) is 0. The standard InChI is InChI=1S/C11H18N2OS/c1-11(2,3)9-7-15-10(13-9)4-12-8-5-14-6-8/h7-8,12H,4-6H2,1-3H3. The summed E-state index contributed by atoms with van der Waals surface area (Å²) >= 11 is 1.74. The molecule has 0 bridgehead atoms. The van der Waals surface area contributed by atoms with Crippen molar-refractivity contribution >= 4 is 11.3 Å². The van der Waals surface area contributed by atoms with Crippen molar-refractivity contribution in [3.63, 3.8) is 0 Å². The summed E-state index contributed by atoms with van der Waals surface area (Å²) in [5, 5.41) is 6.76. The first-order chi connectivity index (χ1) is 7.05. The van der Waals surface area contributed by atoms with E-state index in [1.54, 1.807) is 11.3 Å². The molecule has 84 valence electrons. The molecule has 0 radical (unpaired) electrons. The normalized spacial score (nSPS) is 17.8. The number of nitrogens with one attached hydrogen (secondary N) is 1. The van der Waals surface area contributed by atoms with Crippen LogP contribution in [0.3, 0.4) is 0 Å². The SMILES string of the molecule is CC(C)(C)c1csc(CNC2COC2)n1. The van der Waals surface area contributed by atoms with Crippen LogP contribution in [0.2, 0.25) is 0 Å². The minimum absolute atomic E-state index is 0.161. The van der Waals surface area contributed by atoms with Gasteiger partial charge in [-0.1, -0.05) is 20.8 Å². The molecule has 0 atom stereocenters. The van der Waals surface area contributed by atoms with Crippen LogP contribution >= 0.6 is 11.3 Å². The number of thiazole rings is 1. The Balaban J connectivity index is 1.89. The number of hydrogen-bond donors (Lipinski definition) is 1. The van der Waals surface area contributed by atoms with Crippen LogP contribution in [0, 0.1) is 0 Å². The first-order valence-corrected chi connectivity index (χ1v) is 6.19. The summed E-state index contributed by atoms with van der Waals surface area (Å²) in [6.07, 6.45) is 0. The Morgan fingerprint density at radius 2 is 2.27 bits per heavy atom. The molecule has 0 amide bonds. The van der Waals surface area contributed by atoms with Crippen molar-refractivity contribution in [2.24, 2.45) is 0 Å². The number of ether oxygens (including phenoxy) is 1. The van der Waals surface area contributed by atoms with E-state index in [9.17, 15) is 0 Å². The van der Waals surface area contributed by atoms with Crippen LogP contribution in [0.15, 0.2) is 5.38 Å². The third-order valence-corrected chi connectivity index (χ3v) is 3.35. The summed E-state index contributed by atoms with van der Waals surface area (Å²) in [6, 6.07) is 0.534. The van der Waals surface area contributed by atoms with Crippen molar-refractivity contribution in [1.29, 1.82) is 0 Å². The fourth-order valence-electron chi connectivity index (χ4n) is 1.32. The summed E-state index contributed by atoms with van der Waals surface area (Å²) in [5.41, 5.74) is 1.35. The monoisotopic (exact) mass is 226 g/mol. The highest BCUT2D eigenvalue weighted by Crippen LogP contribution is 2.23. The number of hydrogen-bond acceptors (Lipinski definition) is 4. The molecule has 0 spiro atoms.